The number of benzene rings is 2. The summed E-state index contributed by atoms with van der Waals surface area (Å²) in [5, 5.41) is 0. The van der Waals surface area contributed by atoms with E-state index >= 15 is 0 Å². The first-order valence-corrected chi connectivity index (χ1v) is 12.2. The zero-order valence-electron chi connectivity index (χ0n) is 18.6. The van der Waals surface area contributed by atoms with Gasteiger partial charge in [-0.3, -0.25) is 0 Å². The molecule has 6 nitrogen and oxygen atoms in total. The molecule has 0 aliphatic carbocycles. The van der Waals surface area contributed by atoms with Gasteiger partial charge in [0.05, 0.1) is 18.0 Å². The van der Waals surface area contributed by atoms with Crippen LogP contribution in [0.3, 0.4) is 0 Å². The molecule has 0 unspecified atom stereocenters. The average Bonchev–Trinajstić information content (AvgIpc) is 3.10. The largest absolute Gasteiger partial charge is 0.307 e. The summed E-state index contributed by atoms with van der Waals surface area (Å²) >= 11 is 0. The van der Waals surface area contributed by atoms with Crippen LogP contribution in [-0.2, 0) is 29.5 Å². The molecule has 32 heavy (non-hydrogen) atoms. The summed E-state index contributed by atoms with van der Waals surface area (Å²) in [6, 6.07) is 19.0. The third kappa shape index (κ3) is 5.06. The van der Waals surface area contributed by atoms with Gasteiger partial charge in [-0.2, -0.15) is 0 Å². The normalized spacial score (nSPS) is 12.0. The zero-order valence-corrected chi connectivity index (χ0v) is 19.4. The minimum atomic E-state index is -3.66. The van der Waals surface area contributed by atoms with Gasteiger partial charge in [0.1, 0.15) is 11.3 Å². The van der Waals surface area contributed by atoms with Gasteiger partial charge in [0.25, 0.3) is 0 Å². The number of nitrogens with zero attached hydrogens (tertiary/aromatic N) is 3. The predicted molar refractivity (Wildman–Crippen MR) is 127 cm³/mol. The molecule has 1 N–H and O–H groups in total. The van der Waals surface area contributed by atoms with Crippen LogP contribution in [0, 0.1) is 12.8 Å². The third-order valence-electron chi connectivity index (χ3n) is 5.30. The van der Waals surface area contributed by atoms with Crippen LogP contribution in [0.5, 0.6) is 0 Å². The highest BCUT2D eigenvalue weighted by molar-refractivity contribution is 7.89. The molecule has 0 fully saturated rings. The van der Waals surface area contributed by atoms with E-state index in [0.29, 0.717) is 18.3 Å². The number of aromatic nitrogens is 3. The lowest BCUT2D eigenvalue weighted by Crippen LogP contribution is -2.25. The maximum Gasteiger partial charge on any atom is 0.240 e. The Bertz CT molecular complexity index is 1330. The summed E-state index contributed by atoms with van der Waals surface area (Å²) < 4.78 is 30.5. The monoisotopic (exact) mass is 448 g/mol. The van der Waals surface area contributed by atoms with Crippen molar-refractivity contribution in [3.05, 3.63) is 89.4 Å². The maximum absolute atomic E-state index is 12.9. The van der Waals surface area contributed by atoms with E-state index in [-0.39, 0.29) is 11.4 Å². The topological polar surface area (TPSA) is 76.9 Å². The van der Waals surface area contributed by atoms with Gasteiger partial charge in [-0.1, -0.05) is 55.8 Å². The van der Waals surface area contributed by atoms with E-state index in [1.807, 2.05) is 34.9 Å². The molecular formula is C25H28N4O2S. The first-order chi connectivity index (χ1) is 15.3. The number of aryl methyl sites for hydroxylation is 1. The Kier molecular flexibility index (Phi) is 6.39. The van der Waals surface area contributed by atoms with Gasteiger partial charge in [0, 0.05) is 6.20 Å². The summed E-state index contributed by atoms with van der Waals surface area (Å²) in [4.78, 5) is 9.38. The fraction of sp³-hybridized carbons (Fsp3) is 0.280. The van der Waals surface area contributed by atoms with Crippen LogP contribution in [0.25, 0.3) is 11.2 Å². The number of rotatable bonds is 8. The number of hydrogen-bond donors (Lipinski definition) is 1. The third-order valence-corrected chi connectivity index (χ3v) is 6.72. The van der Waals surface area contributed by atoms with Crippen molar-refractivity contribution in [2.24, 2.45) is 5.92 Å². The Morgan fingerprint density at radius 2 is 1.78 bits per heavy atom. The van der Waals surface area contributed by atoms with E-state index in [2.05, 4.69) is 53.7 Å². The Labute approximate surface area is 189 Å². The summed E-state index contributed by atoms with van der Waals surface area (Å²) in [6.45, 7) is 6.98. The number of nitrogens with one attached hydrogen (secondary N) is 1. The molecule has 0 saturated heterocycles. The molecule has 0 bridgehead atoms. The number of hydrogen-bond acceptors (Lipinski definition) is 4. The van der Waals surface area contributed by atoms with E-state index in [0.717, 1.165) is 28.7 Å². The first-order valence-electron chi connectivity index (χ1n) is 10.8. The lowest BCUT2D eigenvalue weighted by Gasteiger charge is -2.11. The Morgan fingerprint density at radius 3 is 2.50 bits per heavy atom. The van der Waals surface area contributed by atoms with Gasteiger partial charge in [0.2, 0.25) is 10.0 Å². The Balaban J connectivity index is 1.58. The van der Waals surface area contributed by atoms with Crippen molar-refractivity contribution in [2.45, 2.75) is 45.2 Å². The van der Waals surface area contributed by atoms with E-state index in [1.54, 1.807) is 18.3 Å². The van der Waals surface area contributed by atoms with Crippen LogP contribution in [0.2, 0.25) is 0 Å². The predicted octanol–water partition coefficient (Wildman–Crippen LogP) is 4.47. The van der Waals surface area contributed by atoms with Crippen molar-refractivity contribution in [1.29, 1.82) is 0 Å². The maximum atomic E-state index is 12.9. The number of sulfonamides is 1. The molecule has 7 heteroatoms. The van der Waals surface area contributed by atoms with E-state index in [1.165, 1.54) is 5.56 Å². The van der Waals surface area contributed by atoms with Crippen LogP contribution in [-0.4, -0.2) is 23.0 Å². The molecule has 0 saturated carbocycles. The standard InChI is InChI=1S/C25H28N4O2S/c1-18(2)14-20-9-11-22(12-10-20)32(30,31)27-16-24-28-23-8-5-13-26-25(23)29(24)17-21-7-4-6-19(3)15-21/h4-13,15,18,27H,14,16-17H2,1-3H3. The van der Waals surface area contributed by atoms with Crippen molar-refractivity contribution < 1.29 is 8.42 Å². The molecule has 166 valence electrons. The highest BCUT2D eigenvalue weighted by Crippen LogP contribution is 2.18. The van der Waals surface area contributed by atoms with Crippen LogP contribution >= 0.6 is 0 Å². The average molecular weight is 449 g/mol. The van der Waals surface area contributed by atoms with Gasteiger partial charge in [-0.15, -0.1) is 0 Å². The van der Waals surface area contributed by atoms with Crippen molar-refractivity contribution >= 4 is 21.2 Å². The molecule has 4 aromatic rings. The summed E-state index contributed by atoms with van der Waals surface area (Å²) in [5.41, 5.74) is 4.89. The van der Waals surface area contributed by atoms with Gasteiger partial charge < -0.3 is 4.57 Å². The summed E-state index contributed by atoms with van der Waals surface area (Å²) in [7, 11) is -3.66. The minimum Gasteiger partial charge on any atom is -0.307 e. The zero-order chi connectivity index (χ0) is 22.7. The van der Waals surface area contributed by atoms with E-state index < -0.39 is 10.0 Å². The number of pyridine rings is 1. The number of fused-ring (bicyclic) bond motifs is 1. The number of imidazole rings is 1. The van der Waals surface area contributed by atoms with Crippen LogP contribution in [0.15, 0.2) is 71.8 Å². The van der Waals surface area contributed by atoms with Crippen molar-refractivity contribution in [3.8, 4) is 0 Å². The highest BCUT2D eigenvalue weighted by Gasteiger charge is 2.18. The van der Waals surface area contributed by atoms with Gasteiger partial charge in [-0.25, -0.2) is 23.1 Å². The molecule has 2 aromatic carbocycles. The molecule has 4 rings (SSSR count). The van der Waals surface area contributed by atoms with Gasteiger partial charge >= 0.3 is 0 Å². The molecule has 0 aliphatic rings. The molecule has 2 heterocycles. The second kappa shape index (κ2) is 9.22. The summed E-state index contributed by atoms with van der Waals surface area (Å²) in [6.07, 6.45) is 2.65. The van der Waals surface area contributed by atoms with E-state index in [9.17, 15) is 8.42 Å². The lowest BCUT2D eigenvalue weighted by atomic mass is 10.0. The fourth-order valence-electron chi connectivity index (χ4n) is 3.82. The van der Waals surface area contributed by atoms with Crippen molar-refractivity contribution in [3.63, 3.8) is 0 Å². The van der Waals surface area contributed by atoms with Crippen molar-refractivity contribution in [2.75, 3.05) is 0 Å². The molecule has 0 spiro atoms. The SMILES string of the molecule is Cc1cccc(Cn2c(CNS(=O)(=O)c3ccc(CC(C)C)cc3)nc3cccnc32)c1. The smallest absolute Gasteiger partial charge is 0.240 e. The quantitative estimate of drug-likeness (QED) is 0.432. The van der Waals surface area contributed by atoms with Crippen LogP contribution in [0.1, 0.15) is 36.4 Å². The molecule has 0 atom stereocenters. The van der Waals surface area contributed by atoms with Crippen LogP contribution in [0.4, 0.5) is 0 Å². The van der Waals surface area contributed by atoms with Gasteiger partial charge in [-0.05, 0) is 54.7 Å². The molecular weight excluding hydrogens is 420 g/mol. The molecule has 0 radical (unpaired) electrons. The minimum absolute atomic E-state index is 0.0816. The van der Waals surface area contributed by atoms with E-state index in [4.69, 9.17) is 0 Å². The molecule has 2 aromatic heterocycles. The second-order valence-corrected chi connectivity index (χ2v) is 10.3. The molecule has 0 amide bonds. The van der Waals surface area contributed by atoms with Gasteiger partial charge in [0.15, 0.2) is 5.65 Å². The van der Waals surface area contributed by atoms with Crippen molar-refractivity contribution in [1.82, 2.24) is 19.3 Å². The Hall–Kier alpha value is -3.03. The van der Waals surface area contributed by atoms with Crippen LogP contribution < -0.4 is 4.72 Å². The summed E-state index contributed by atoms with van der Waals surface area (Å²) in [5.74, 6) is 1.14. The fourth-order valence-corrected chi connectivity index (χ4v) is 4.80. The highest BCUT2D eigenvalue weighted by atomic mass is 32.2. The second-order valence-electron chi connectivity index (χ2n) is 8.52. The lowest BCUT2D eigenvalue weighted by molar-refractivity contribution is 0.576. The first kappa shape index (κ1) is 22.2. The molecule has 0 aliphatic heterocycles. The Morgan fingerprint density at radius 1 is 1.00 bits per heavy atom.